The molecular weight excluding hydrogens is 253 g/mol. The Labute approximate surface area is 100.0 Å². The number of carboxylic acid groups (broad SMARTS) is 1. The maximum Gasteiger partial charge on any atom is 0.392 e. The Balaban J connectivity index is 2.92. The summed E-state index contributed by atoms with van der Waals surface area (Å²) in [6, 6.07) is 4.66. The van der Waals surface area contributed by atoms with Gasteiger partial charge >= 0.3 is 12.1 Å². The van der Waals surface area contributed by atoms with Crippen LogP contribution in [0.1, 0.15) is 28.4 Å². The van der Waals surface area contributed by atoms with Crippen LogP contribution in [-0.2, 0) is 9.53 Å². The summed E-state index contributed by atoms with van der Waals surface area (Å²) in [6.07, 6.45) is -7.28. The summed E-state index contributed by atoms with van der Waals surface area (Å²) >= 11 is 0. The number of halogens is 3. The lowest BCUT2D eigenvalue weighted by Crippen LogP contribution is -2.16. The fourth-order valence-corrected chi connectivity index (χ4v) is 1.36. The van der Waals surface area contributed by atoms with E-state index in [0.29, 0.717) is 0 Å². The fraction of sp³-hybridized carbons (Fsp3) is 0.273. The van der Waals surface area contributed by atoms with Crippen molar-refractivity contribution in [1.29, 1.82) is 0 Å². The molecule has 1 N–H and O–H groups in total. The van der Waals surface area contributed by atoms with Crippen LogP contribution < -0.4 is 0 Å². The average Bonchev–Trinajstić information content (AvgIpc) is 2.27. The van der Waals surface area contributed by atoms with Gasteiger partial charge in [-0.05, 0) is 17.7 Å². The van der Waals surface area contributed by atoms with Crippen molar-refractivity contribution in [3.05, 3.63) is 35.4 Å². The number of hydrogen-bond donors (Lipinski definition) is 1. The summed E-state index contributed by atoms with van der Waals surface area (Å²) in [4.78, 5) is 20.7. The molecule has 0 saturated heterocycles. The molecule has 0 heterocycles. The van der Waals surface area contributed by atoms with Gasteiger partial charge in [-0.25, -0.2) is 4.79 Å². The van der Waals surface area contributed by atoms with Crippen LogP contribution in [0.15, 0.2) is 24.3 Å². The normalized spacial score (nSPS) is 12.8. The van der Waals surface area contributed by atoms with Gasteiger partial charge in [-0.15, -0.1) is 0 Å². The van der Waals surface area contributed by atoms with Crippen molar-refractivity contribution in [3.63, 3.8) is 0 Å². The van der Waals surface area contributed by atoms with Gasteiger partial charge in [-0.2, -0.15) is 13.2 Å². The third-order valence-corrected chi connectivity index (χ3v) is 2.17. The minimum Gasteiger partial charge on any atom is -0.478 e. The van der Waals surface area contributed by atoms with E-state index in [1.54, 1.807) is 0 Å². The van der Waals surface area contributed by atoms with Gasteiger partial charge in [0.2, 0.25) is 0 Å². The van der Waals surface area contributed by atoms with Gasteiger partial charge in [0.25, 0.3) is 6.47 Å². The topological polar surface area (TPSA) is 63.6 Å². The first-order valence-corrected chi connectivity index (χ1v) is 4.82. The summed E-state index contributed by atoms with van der Waals surface area (Å²) in [5, 5.41) is 8.64. The summed E-state index contributed by atoms with van der Waals surface area (Å²) < 4.78 is 41.1. The zero-order chi connectivity index (χ0) is 13.8. The number of ether oxygens (including phenoxy) is 1. The van der Waals surface area contributed by atoms with Crippen LogP contribution in [0, 0.1) is 0 Å². The number of aromatic carboxylic acids is 1. The number of benzene rings is 1. The highest BCUT2D eigenvalue weighted by Crippen LogP contribution is 2.31. The molecule has 0 bridgehead atoms. The second kappa shape index (κ2) is 5.52. The van der Waals surface area contributed by atoms with Crippen LogP contribution >= 0.6 is 0 Å². The largest absolute Gasteiger partial charge is 0.478 e. The second-order valence-corrected chi connectivity index (χ2v) is 3.47. The number of carbonyl (C=O) groups is 2. The smallest absolute Gasteiger partial charge is 0.392 e. The molecule has 0 aliphatic rings. The van der Waals surface area contributed by atoms with Crippen molar-refractivity contribution >= 4 is 12.4 Å². The molecule has 0 spiro atoms. The number of carboxylic acids is 1. The van der Waals surface area contributed by atoms with E-state index in [0.717, 1.165) is 12.1 Å². The van der Waals surface area contributed by atoms with Crippen LogP contribution in [0.2, 0.25) is 0 Å². The van der Waals surface area contributed by atoms with Gasteiger partial charge in [-0.1, -0.05) is 12.1 Å². The molecule has 1 aromatic rings. The van der Waals surface area contributed by atoms with Crippen LogP contribution in [0.4, 0.5) is 13.2 Å². The summed E-state index contributed by atoms with van der Waals surface area (Å²) in [5.74, 6) is -1.19. The Hall–Kier alpha value is -2.05. The van der Waals surface area contributed by atoms with Crippen molar-refractivity contribution in [2.24, 2.45) is 0 Å². The molecule has 18 heavy (non-hydrogen) atoms. The Morgan fingerprint density at radius 1 is 1.33 bits per heavy atom. The summed E-state index contributed by atoms with van der Waals surface area (Å²) in [7, 11) is 0. The lowest BCUT2D eigenvalue weighted by atomic mass is 10.0. The van der Waals surface area contributed by atoms with Crippen molar-refractivity contribution in [1.82, 2.24) is 0 Å². The molecule has 1 unspecified atom stereocenters. The molecule has 1 atom stereocenters. The summed E-state index contributed by atoms with van der Waals surface area (Å²) in [6.45, 7) is -0.0679. The standard InChI is InChI=1S/C11H9F3O4/c12-11(13,14)5-9(18-6-15)7-1-3-8(4-2-7)10(16)17/h1-4,6,9H,5H2,(H,16,17). The highest BCUT2D eigenvalue weighted by molar-refractivity contribution is 5.87. The van der Waals surface area contributed by atoms with Crippen molar-refractivity contribution < 1.29 is 32.6 Å². The van der Waals surface area contributed by atoms with Gasteiger partial charge < -0.3 is 9.84 Å². The third-order valence-electron chi connectivity index (χ3n) is 2.17. The van der Waals surface area contributed by atoms with Crippen LogP contribution in [0.3, 0.4) is 0 Å². The van der Waals surface area contributed by atoms with Gasteiger partial charge in [0.1, 0.15) is 6.10 Å². The lowest BCUT2D eigenvalue weighted by molar-refractivity contribution is -0.165. The van der Waals surface area contributed by atoms with Gasteiger partial charge in [0.15, 0.2) is 0 Å². The first kappa shape index (κ1) is 14.0. The van der Waals surface area contributed by atoms with Gasteiger partial charge in [0.05, 0.1) is 12.0 Å². The highest BCUT2D eigenvalue weighted by Gasteiger charge is 2.33. The van der Waals surface area contributed by atoms with E-state index in [1.807, 2.05) is 0 Å². The average molecular weight is 262 g/mol. The van der Waals surface area contributed by atoms with Crippen molar-refractivity contribution in [2.75, 3.05) is 0 Å². The first-order valence-electron chi connectivity index (χ1n) is 4.82. The molecule has 98 valence electrons. The Morgan fingerprint density at radius 3 is 2.28 bits per heavy atom. The van der Waals surface area contributed by atoms with E-state index >= 15 is 0 Å². The Bertz CT molecular complexity index is 425. The maximum atomic E-state index is 12.2. The molecule has 1 aromatic carbocycles. The molecule has 0 aliphatic carbocycles. The zero-order valence-electron chi connectivity index (χ0n) is 8.98. The van der Waals surface area contributed by atoms with E-state index < -0.39 is 24.7 Å². The van der Waals surface area contributed by atoms with Crippen LogP contribution in [0.25, 0.3) is 0 Å². The Morgan fingerprint density at radius 2 is 1.89 bits per heavy atom. The predicted molar refractivity (Wildman–Crippen MR) is 54.0 cm³/mol. The van der Waals surface area contributed by atoms with Gasteiger partial charge in [0, 0.05) is 0 Å². The molecule has 4 nitrogen and oxygen atoms in total. The van der Waals surface area contributed by atoms with Crippen LogP contribution in [0.5, 0.6) is 0 Å². The minimum atomic E-state index is -4.49. The lowest BCUT2D eigenvalue weighted by Gasteiger charge is -2.17. The molecule has 0 radical (unpaired) electrons. The molecule has 0 saturated carbocycles. The SMILES string of the molecule is O=COC(CC(F)(F)F)c1ccc(C(=O)O)cc1. The highest BCUT2D eigenvalue weighted by atomic mass is 19.4. The van der Waals surface area contributed by atoms with Crippen molar-refractivity contribution in [2.45, 2.75) is 18.7 Å². The first-order chi connectivity index (χ1) is 8.33. The number of hydrogen-bond acceptors (Lipinski definition) is 3. The molecule has 0 aliphatic heterocycles. The molecule has 0 aromatic heterocycles. The maximum absolute atomic E-state index is 12.2. The third kappa shape index (κ3) is 4.08. The molecule has 7 heteroatoms. The van der Waals surface area contributed by atoms with E-state index in [9.17, 15) is 22.8 Å². The zero-order valence-corrected chi connectivity index (χ0v) is 8.98. The van der Waals surface area contributed by atoms with Gasteiger partial charge in [-0.3, -0.25) is 4.79 Å². The van der Waals surface area contributed by atoms with E-state index in [1.165, 1.54) is 12.1 Å². The predicted octanol–water partition coefficient (Wildman–Crippen LogP) is 2.55. The number of rotatable bonds is 5. The molecule has 0 fully saturated rings. The molecule has 0 amide bonds. The quantitative estimate of drug-likeness (QED) is 0.828. The van der Waals surface area contributed by atoms with E-state index in [4.69, 9.17) is 5.11 Å². The minimum absolute atomic E-state index is 0.0596. The number of carbonyl (C=O) groups excluding carboxylic acids is 1. The monoisotopic (exact) mass is 262 g/mol. The summed E-state index contributed by atoms with van der Waals surface area (Å²) in [5.41, 5.74) is 0.0278. The van der Waals surface area contributed by atoms with Crippen LogP contribution in [-0.4, -0.2) is 23.7 Å². The Kier molecular flexibility index (Phi) is 4.30. The fourth-order valence-electron chi connectivity index (χ4n) is 1.36. The number of alkyl halides is 3. The molecular formula is C11H9F3O4. The second-order valence-electron chi connectivity index (χ2n) is 3.47. The van der Waals surface area contributed by atoms with E-state index in [-0.39, 0.29) is 17.6 Å². The molecule has 1 rings (SSSR count). The van der Waals surface area contributed by atoms with Crippen molar-refractivity contribution in [3.8, 4) is 0 Å². The van der Waals surface area contributed by atoms with E-state index in [2.05, 4.69) is 4.74 Å².